The minimum absolute atomic E-state index is 0.0378. The number of hydrogen-bond donors (Lipinski definition) is 2. The molecule has 43 heavy (non-hydrogen) atoms. The third kappa shape index (κ3) is 7.52. The van der Waals surface area contributed by atoms with Gasteiger partial charge in [-0.1, -0.05) is 23.7 Å². The number of benzene rings is 3. The molecule has 1 saturated carbocycles. The van der Waals surface area contributed by atoms with Gasteiger partial charge in [0.2, 0.25) is 11.7 Å². The van der Waals surface area contributed by atoms with E-state index >= 15 is 0 Å². The van der Waals surface area contributed by atoms with Crippen LogP contribution in [0.25, 0.3) is 11.1 Å². The van der Waals surface area contributed by atoms with Crippen molar-refractivity contribution in [3.05, 3.63) is 89.0 Å². The van der Waals surface area contributed by atoms with E-state index in [0.717, 1.165) is 24.6 Å². The van der Waals surface area contributed by atoms with E-state index in [1.54, 1.807) is 54.6 Å². The van der Waals surface area contributed by atoms with Gasteiger partial charge >= 0.3 is 0 Å². The second-order valence-electron chi connectivity index (χ2n) is 10.2. The molecule has 1 aliphatic carbocycles. The first-order valence-corrected chi connectivity index (χ1v) is 14.3. The zero-order valence-corrected chi connectivity index (χ0v) is 24.4. The molecule has 3 aromatic carbocycles. The maximum Gasteiger partial charge on any atom is 0.293 e. The Labute approximate surface area is 254 Å². The number of allylic oxidation sites excluding steroid dienone is 1. The lowest BCUT2D eigenvalue weighted by molar-refractivity contribution is -0.134. The summed E-state index contributed by atoms with van der Waals surface area (Å²) in [5.74, 6) is -0.0611. The van der Waals surface area contributed by atoms with Crippen molar-refractivity contribution in [2.45, 2.75) is 12.8 Å². The molecule has 2 amide bonds. The van der Waals surface area contributed by atoms with Crippen LogP contribution in [0.4, 0.5) is 10.1 Å². The molecule has 2 aliphatic rings. The van der Waals surface area contributed by atoms with Crippen molar-refractivity contribution in [2.75, 3.05) is 45.4 Å². The highest BCUT2D eigenvalue weighted by molar-refractivity contribution is 6.30. The SMILES string of the molecule is COCOc1cc(F)ccc1-c1ccc(O/C(C(=O)Nc2ccc(Cl)cc2)=C(/C=N)N2CCN(C(=O)C3CC3)CC2)cc1. The third-order valence-electron chi connectivity index (χ3n) is 7.20. The highest BCUT2D eigenvalue weighted by Gasteiger charge is 2.35. The van der Waals surface area contributed by atoms with Gasteiger partial charge in [0, 0.05) is 67.8 Å². The number of nitrogens with one attached hydrogen (secondary N) is 2. The highest BCUT2D eigenvalue weighted by atomic mass is 35.5. The molecule has 0 atom stereocenters. The molecule has 0 spiro atoms. The average Bonchev–Trinajstić information content (AvgIpc) is 3.87. The van der Waals surface area contributed by atoms with E-state index in [4.69, 9.17) is 31.2 Å². The zero-order chi connectivity index (χ0) is 30.3. The standard InChI is InChI=1S/C32H32ClFN4O5/c1-41-20-42-29-18-24(34)8-13-27(29)21-4-11-26(12-5-21)43-30(31(39)36-25-9-6-23(33)7-10-25)28(19-35)37-14-16-38(17-15-37)32(40)22-2-3-22/h4-13,18-19,22,35H,2-3,14-17,20H2,1H3,(H,36,39)/b30-28-,35-19?. The van der Waals surface area contributed by atoms with Crippen molar-refractivity contribution >= 4 is 35.3 Å². The quantitative estimate of drug-likeness (QED) is 0.128. The van der Waals surface area contributed by atoms with Gasteiger partial charge in [-0.05, 0) is 66.9 Å². The van der Waals surface area contributed by atoms with E-state index in [0.29, 0.717) is 59.6 Å². The van der Waals surface area contributed by atoms with Gasteiger partial charge in [0.05, 0.1) is 0 Å². The molecular formula is C32H32ClFN4O5. The van der Waals surface area contributed by atoms with Gasteiger partial charge in [0.25, 0.3) is 5.91 Å². The van der Waals surface area contributed by atoms with Crippen molar-refractivity contribution in [1.82, 2.24) is 9.80 Å². The van der Waals surface area contributed by atoms with Crippen molar-refractivity contribution < 1.29 is 28.2 Å². The number of carbonyl (C=O) groups is 2. The lowest BCUT2D eigenvalue weighted by Gasteiger charge is -2.36. The number of methoxy groups -OCH3 is 1. The van der Waals surface area contributed by atoms with Crippen LogP contribution in [0.3, 0.4) is 0 Å². The number of amides is 2. The zero-order valence-electron chi connectivity index (χ0n) is 23.6. The van der Waals surface area contributed by atoms with Gasteiger partial charge < -0.3 is 34.7 Å². The first-order valence-electron chi connectivity index (χ1n) is 13.9. The molecule has 0 bridgehead atoms. The van der Waals surface area contributed by atoms with Gasteiger partial charge in [-0.25, -0.2) is 4.39 Å². The second kappa shape index (κ2) is 13.7. The molecule has 11 heteroatoms. The molecule has 1 heterocycles. The summed E-state index contributed by atoms with van der Waals surface area (Å²) in [7, 11) is 1.48. The fraction of sp³-hybridized carbons (Fsp3) is 0.281. The minimum Gasteiger partial charge on any atom is -0.467 e. The summed E-state index contributed by atoms with van der Waals surface area (Å²) in [5.41, 5.74) is 2.19. The van der Waals surface area contributed by atoms with E-state index in [1.807, 2.05) is 9.80 Å². The largest absolute Gasteiger partial charge is 0.467 e. The van der Waals surface area contributed by atoms with Crippen LogP contribution in [0, 0.1) is 17.1 Å². The number of nitrogens with zero attached hydrogens (tertiary/aromatic N) is 2. The number of rotatable bonds is 11. The number of carbonyl (C=O) groups excluding carboxylic acids is 2. The summed E-state index contributed by atoms with van der Waals surface area (Å²) in [6, 6.07) is 17.8. The Balaban J connectivity index is 1.40. The average molecular weight is 607 g/mol. The molecule has 3 aromatic rings. The van der Waals surface area contributed by atoms with Crippen molar-refractivity contribution in [1.29, 1.82) is 5.41 Å². The first kappa shape index (κ1) is 30.1. The normalized spacial score (nSPS) is 15.4. The maximum absolute atomic E-state index is 13.9. The summed E-state index contributed by atoms with van der Waals surface area (Å²) < 4.78 is 30.6. The lowest BCUT2D eigenvalue weighted by Crippen LogP contribution is -2.49. The minimum atomic E-state index is -0.546. The number of halogens is 2. The smallest absolute Gasteiger partial charge is 0.293 e. The number of anilines is 1. The molecule has 9 nitrogen and oxygen atoms in total. The molecule has 5 rings (SSSR count). The summed E-state index contributed by atoms with van der Waals surface area (Å²) >= 11 is 6.01. The Morgan fingerprint density at radius 2 is 1.67 bits per heavy atom. The maximum atomic E-state index is 13.9. The number of ether oxygens (including phenoxy) is 3. The van der Waals surface area contributed by atoms with Gasteiger partial charge in [-0.3, -0.25) is 9.59 Å². The molecule has 224 valence electrons. The van der Waals surface area contributed by atoms with E-state index < -0.39 is 11.7 Å². The van der Waals surface area contributed by atoms with Crippen LogP contribution in [-0.2, 0) is 14.3 Å². The van der Waals surface area contributed by atoms with Gasteiger partial charge in [-0.2, -0.15) is 0 Å². The molecular weight excluding hydrogens is 575 g/mol. The number of piperazine rings is 1. The molecule has 0 radical (unpaired) electrons. The fourth-order valence-corrected chi connectivity index (χ4v) is 4.92. The van der Waals surface area contributed by atoms with Crippen LogP contribution >= 0.6 is 11.6 Å². The van der Waals surface area contributed by atoms with Gasteiger partial charge in [0.1, 0.15) is 23.0 Å². The lowest BCUT2D eigenvalue weighted by atomic mass is 10.0. The van der Waals surface area contributed by atoms with Crippen LogP contribution in [0.5, 0.6) is 11.5 Å². The first-order chi connectivity index (χ1) is 20.9. The Morgan fingerprint density at radius 1 is 1.00 bits per heavy atom. The van der Waals surface area contributed by atoms with Crippen LogP contribution in [0.15, 0.2) is 78.2 Å². The van der Waals surface area contributed by atoms with Crippen LogP contribution in [-0.4, -0.2) is 67.9 Å². The van der Waals surface area contributed by atoms with Crippen LogP contribution in [0.1, 0.15) is 12.8 Å². The van der Waals surface area contributed by atoms with Crippen molar-refractivity contribution in [3.8, 4) is 22.6 Å². The Bertz CT molecular complexity index is 1500. The summed E-state index contributed by atoms with van der Waals surface area (Å²) in [5, 5.41) is 11.6. The van der Waals surface area contributed by atoms with Crippen LogP contribution in [0.2, 0.25) is 5.02 Å². The fourth-order valence-electron chi connectivity index (χ4n) is 4.79. The third-order valence-corrected chi connectivity index (χ3v) is 7.45. The van der Waals surface area contributed by atoms with Crippen molar-refractivity contribution in [2.24, 2.45) is 5.92 Å². The summed E-state index contributed by atoms with van der Waals surface area (Å²) in [4.78, 5) is 29.9. The predicted octanol–water partition coefficient (Wildman–Crippen LogP) is 5.56. The van der Waals surface area contributed by atoms with Gasteiger partial charge in [0.15, 0.2) is 6.79 Å². The molecule has 0 unspecified atom stereocenters. The molecule has 2 fully saturated rings. The summed E-state index contributed by atoms with van der Waals surface area (Å²) in [6.07, 6.45) is 2.98. The van der Waals surface area contributed by atoms with E-state index in [1.165, 1.54) is 19.2 Å². The van der Waals surface area contributed by atoms with Crippen molar-refractivity contribution in [3.63, 3.8) is 0 Å². The monoisotopic (exact) mass is 606 g/mol. The highest BCUT2D eigenvalue weighted by Crippen LogP contribution is 2.33. The van der Waals surface area contributed by atoms with E-state index in [2.05, 4.69) is 5.32 Å². The number of hydrogen-bond acceptors (Lipinski definition) is 7. The van der Waals surface area contributed by atoms with Gasteiger partial charge in [-0.15, -0.1) is 0 Å². The molecule has 1 saturated heterocycles. The second-order valence-corrected chi connectivity index (χ2v) is 10.7. The Kier molecular flexibility index (Phi) is 9.58. The predicted molar refractivity (Wildman–Crippen MR) is 162 cm³/mol. The van der Waals surface area contributed by atoms with E-state index in [-0.39, 0.29) is 24.4 Å². The van der Waals surface area contributed by atoms with Crippen LogP contribution < -0.4 is 14.8 Å². The molecule has 0 aromatic heterocycles. The topological polar surface area (TPSA) is 104 Å². The molecule has 1 aliphatic heterocycles. The summed E-state index contributed by atoms with van der Waals surface area (Å²) in [6.45, 7) is 1.87. The Morgan fingerprint density at radius 3 is 2.30 bits per heavy atom. The van der Waals surface area contributed by atoms with E-state index in [9.17, 15) is 14.0 Å². The Hall–Kier alpha value is -4.41. The molecule has 2 N–H and O–H groups in total.